The molecule has 0 unspecified atom stereocenters. The maximum atomic E-state index is 14.2. The first-order chi connectivity index (χ1) is 15.9. The first-order valence-corrected chi connectivity index (χ1v) is 10.5. The number of aryl methyl sites for hydroxylation is 2. The highest BCUT2D eigenvalue weighted by atomic mass is 32.1. The largest absolute Gasteiger partial charge is 0.416 e. The van der Waals surface area contributed by atoms with E-state index in [1.165, 1.54) is 35.8 Å². The average molecular weight is 496 g/mol. The van der Waals surface area contributed by atoms with Crippen LogP contribution in [0.15, 0.2) is 33.2 Å². The van der Waals surface area contributed by atoms with Crippen LogP contribution >= 0.6 is 11.3 Å². The molecular formula is C20H16F4N6O3S. The zero-order valence-electron chi connectivity index (χ0n) is 17.9. The number of nitrogens with one attached hydrogen (secondary N) is 1. The maximum Gasteiger partial charge on any atom is 0.416 e. The molecule has 1 amide bonds. The van der Waals surface area contributed by atoms with Crippen molar-refractivity contribution in [3.63, 3.8) is 0 Å². The summed E-state index contributed by atoms with van der Waals surface area (Å²) in [5.41, 5.74) is -1.96. The smallest absolute Gasteiger partial charge is 0.302 e. The van der Waals surface area contributed by atoms with Crippen molar-refractivity contribution in [1.29, 1.82) is 0 Å². The molecule has 14 heteroatoms. The Morgan fingerprint density at radius 1 is 1.15 bits per heavy atom. The van der Waals surface area contributed by atoms with Crippen molar-refractivity contribution in [2.45, 2.75) is 12.6 Å². The standard InChI is InChI=1S/C20H16F4N6O3S/c1-28-16-15(17(32)29(2)19(28)33)13(30(3)27-16)7-14(31)26-18-25-12(8-34-18)10-5-4-9(6-11(10)21)20(22,23)24/h4-6,8H,7H2,1-3H3,(H,25,26,31). The number of aromatic nitrogens is 5. The Morgan fingerprint density at radius 3 is 2.50 bits per heavy atom. The molecule has 178 valence electrons. The molecule has 0 saturated carbocycles. The number of hydrogen-bond acceptors (Lipinski definition) is 6. The molecule has 0 aliphatic rings. The van der Waals surface area contributed by atoms with Gasteiger partial charge in [0.05, 0.1) is 23.4 Å². The Hall–Kier alpha value is -3.81. The Morgan fingerprint density at radius 2 is 1.85 bits per heavy atom. The number of anilines is 1. The van der Waals surface area contributed by atoms with Gasteiger partial charge in [-0.2, -0.15) is 18.3 Å². The molecule has 4 aromatic rings. The van der Waals surface area contributed by atoms with E-state index in [0.29, 0.717) is 6.07 Å². The number of alkyl halides is 3. The van der Waals surface area contributed by atoms with Gasteiger partial charge in [0.1, 0.15) is 11.2 Å². The van der Waals surface area contributed by atoms with Crippen molar-refractivity contribution in [2.75, 3.05) is 5.32 Å². The minimum absolute atomic E-state index is 0.0568. The third kappa shape index (κ3) is 4.00. The van der Waals surface area contributed by atoms with E-state index >= 15 is 0 Å². The third-order valence-corrected chi connectivity index (χ3v) is 5.97. The number of amides is 1. The summed E-state index contributed by atoms with van der Waals surface area (Å²) in [4.78, 5) is 41.4. The van der Waals surface area contributed by atoms with Gasteiger partial charge < -0.3 is 5.32 Å². The Balaban J connectivity index is 1.58. The minimum Gasteiger partial charge on any atom is -0.302 e. The molecule has 1 aromatic carbocycles. The fraction of sp³-hybridized carbons (Fsp3) is 0.250. The highest BCUT2D eigenvalue weighted by Gasteiger charge is 2.31. The molecule has 0 aliphatic carbocycles. The van der Waals surface area contributed by atoms with Crippen molar-refractivity contribution in [1.82, 2.24) is 23.9 Å². The maximum absolute atomic E-state index is 14.2. The van der Waals surface area contributed by atoms with Crippen LogP contribution in [0.3, 0.4) is 0 Å². The van der Waals surface area contributed by atoms with Crippen molar-refractivity contribution in [3.05, 3.63) is 61.5 Å². The lowest BCUT2D eigenvalue weighted by Gasteiger charge is -2.08. The van der Waals surface area contributed by atoms with Crippen LogP contribution in [0.5, 0.6) is 0 Å². The van der Waals surface area contributed by atoms with E-state index in [9.17, 15) is 31.9 Å². The van der Waals surface area contributed by atoms with Gasteiger partial charge in [0, 0.05) is 32.1 Å². The lowest BCUT2D eigenvalue weighted by molar-refractivity contribution is -0.137. The second-order valence-electron chi connectivity index (χ2n) is 7.43. The number of nitrogens with zero attached hydrogens (tertiary/aromatic N) is 5. The van der Waals surface area contributed by atoms with E-state index in [0.717, 1.165) is 28.0 Å². The zero-order chi connectivity index (χ0) is 24.9. The van der Waals surface area contributed by atoms with Crippen LogP contribution in [0.2, 0.25) is 0 Å². The van der Waals surface area contributed by atoms with E-state index in [1.54, 1.807) is 0 Å². The third-order valence-electron chi connectivity index (χ3n) is 5.21. The molecule has 1 N–H and O–H groups in total. The first-order valence-electron chi connectivity index (χ1n) is 9.62. The lowest BCUT2D eigenvalue weighted by Crippen LogP contribution is -2.37. The second kappa shape index (κ2) is 8.20. The van der Waals surface area contributed by atoms with Gasteiger partial charge in [-0.1, -0.05) is 0 Å². The fourth-order valence-electron chi connectivity index (χ4n) is 3.44. The monoisotopic (exact) mass is 496 g/mol. The molecule has 9 nitrogen and oxygen atoms in total. The topological polar surface area (TPSA) is 104 Å². The summed E-state index contributed by atoms with van der Waals surface area (Å²) in [6, 6.07) is 2.10. The van der Waals surface area contributed by atoms with Gasteiger partial charge in [0.15, 0.2) is 10.8 Å². The van der Waals surface area contributed by atoms with Crippen LogP contribution in [-0.2, 0) is 38.5 Å². The lowest BCUT2D eigenvalue weighted by atomic mass is 10.1. The van der Waals surface area contributed by atoms with Gasteiger partial charge in [-0.05, 0) is 18.2 Å². The number of carbonyl (C=O) groups excluding carboxylic acids is 1. The summed E-state index contributed by atoms with van der Waals surface area (Å²) in [5, 5.41) is 8.29. The summed E-state index contributed by atoms with van der Waals surface area (Å²) < 4.78 is 55.9. The Kier molecular flexibility index (Phi) is 5.63. The van der Waals surface area contributed by atoms with E-state index in [4.69, 9.17) is 0 Å². The fourth-order valence-corrected chi connectivity index (χ4v) is 4.17. The van der Waals surface area contributed by atoms with Crippen LogP contribution in [0.4, 0.5) is 22.7 Å². The van der Waals surface area contributed by atoms with Gasteiger partial charge in [0.25, 0.3) is 5.56 Å². The van der Waals surface area contributed by atoms with E-state index < -0.39 is 34.7 Å². The molecule has 4 rings (SSSR count). The predicted octanol–water partition coefficient (Wildman–Crippen LogP) is 2.43. The highest BCUT2D eigenvalue weighted by Crippen LogP contribution is 2.33. The molecule has 0 aliphatic heterocycles. The van der Waals surface area contributed by atoms with Gasteiger partial charge in [-0.25, -0.2) is 14.2 Å². The van der Waals surface area contributed by atoms with Crippen LogP contribution in [0, 0.1) is 5.82 Å². The minimum atomic E-state index is -4.68. The molecule has 0 radical (unpaired) electrons. The Labute approximate surface area is 191 Å². The van der Waals surface area contributed by atoms with Gasteiger partial charge in [-0.3, -0.25) is 23.4 Å². The van der Waals surface area contributed by atoms with Crippen molar-refractivity contribution in [2.24, 2.45) is 21.1 Å². The summed E-state index contributed by atoms with van der Waals surface area (Å²) in [6.07, 6.45) is -4.95. The van der Waals surface area contributed by atoms with E-state index in [2.05, 4.69) is 15.4 Å². The molecule has 0 fully saturated rings. The van der Waals surface area contributed by atoms with Crippen LogP contribution in [-0.4, -0.2) is 29.8 Å². The van der Waals surface area contributed by atoms with E-state index in [1.807, 2.05) is 0 Å². The summed E-state index contributed by atoms with van der Waals surface area (Å²) in [7, 11) is 4.30. The molecule has 34 heavy (non-hydrogen) atoms. The molecule has 3 heterocycles. The zero-order valence-corrected chi connectivity index (χ0v) is 18.7. The van der Waals surface area contributed by atoms with Crippen LogP contribution < -0.4 is 16.6 Å². The number of carbonyl (C=O) groups is 1. The highest BCUT2D eigenvalue weighted by molar-refractivity contribution is 7.14. The Bertz CT molecular complexity index is 1560. The SMILES string of the molecule is Cn1nc2c(c1CC(=O)Nc1nc(-c3ccc(C(F)(F)F)cc3F)cs1)c(=O)n(C)c(=O)n2C. The van der Waals surface area contributed by atoms with E-state index in [-0.39, 0.29) is 39.5 Å². The molecule has 0 bridgehead atoms. The summed E-state index contributed by atoms with van der Waals surface area (Å²) in [5.74, 6) is -1.66. The number of halogens is 4. The molecule has 0 spiro atoms. The van der Waals surface area contributed by atoms with Gasteiger partial charge >= 0.3 is 11.9 Å². The number of fused-ring (bicyclic) bond motifs is 1. The molecular weight excluding hydrogens is 480 g/mol. The number of hydrogen-bond donors (Lipinski definition) is 1. The first kappa shape index (κ1) is 23.4. The van der Waals surface area contributed by atoms with Crippen LogP contribution in [0.25, 0.3) is 22.3 Å². The second-order valence-corrected chi connectivity index (χ2v) is 8.29. The van der Waals surface area contributed by atoms with Gasteiger partial charge in [-0.15, -0.1) is 11.3 Å². The van der Waals surface area contributed by atoms with Gasteiger partial charge in [0.2, 0.25) is 5.91 Å². The number of rotatable bonds is 4. The van der Waals surface area contributed by atoms with Crippen molar-refractivity contribution < 1.29 is 22.4 Å². The molecule has 3 aromatic heterocycles. The molecule has 0 saturated heterocycles. The van der Waals surface area contributed by atoms with Crippen LogP contribution in [0.1, 0.15) is 11.3 Å². The summed E-state index contributed by atoms with van der Waals surface area (Å²) in [6.45, 7) is 0. The molecule has 0 atom stereocenters. The quantitative estimate of drug-likeness (QED) is 0.437. The van der Waals surface area contributed by atoms with Crippen molar-refractivity contribution in [3.8, 4) is 11.3 Å². The number of thiazole rings is 1. The summed E-state index contributed by atoms with van der Waals surface area (Å²) >= 11 is 0.956. The average Bonchev–Trinajstić information content (AvgIpc) is 3.34. The number of benzene rings is 1. The normalized spacial score (nSPS) is 11.9. The van der Waals surface area contributed by atoms with Crippen molar-refractivity contribution >= 4 is 33.4 Å². The predicted molar refractivity (Wildman–Crippen MR) is 116 cm³/mol.